The van der Waals surface area contributed by atoms with Crippen LogP contribution in [0.15, 0.2) is 29.2 Å². The van der Waals surface area contributed by atoms with E-state index in [0.717, 1.165) is 30.3 Å². The van der Waals surface area contributed by atoms with E-state index in [-0.39, 0.29) is 0 Å². The largest absolute Gasteiger partial charge is 0.383 e. The SMILES string of the molecule is CCCNC(COC)CSc1ccc(Cl)cc1. The van der Waals surface area contributed by atoms with Gasteiger partial charge >= 0.3 is 0 Å². The van der Waals surface area contributed by atoms with E-state index in [0.29, 0.717) is 6.04 Å². The third-order valence-electron chi connectivity index (χ3n) is 2.32. The molecule has 1 N–H and O–H groups in total. The Morgan fingerprint density at radius 1 is 1.35 bits per heavy atom. The summed E-state index contributed by atoms with van der Waals surface area (Å²) in [6.07, 6.45) is 1.14. The first-order chi connectivity index (χ1) is 8.26. The summed E-state index contributed by atoms with van der Waals surface area (Å²) < 4.78 is 5.21. The summed E-state index contributed by atoms with van der Waals surface area (Å²) in [5.41, 5.74) is 0. The molecule has 1 aromatic carbocycles. The summed E-state index contributed by atoms with van der Waals surface area (Å²) >= 11 is 7.68. The Bertz CT molecular complexity index is 305. The van der Waals surface area contributed by atoms with Crippen molar-refractivity contribution in [2.45, 2.75) is 24.3 Å². The summed E-state index contributed by atoms with van der Waals surface area (Å²) in [7, 11) is 1.74. The summed E-state index contributed by atoms with van der Waals surface area (Å²) in [6, 6.07) is 8.36. The molecule has 0 radical (unpaired) electrons. The predicted molar refractivity (Wildman–Crippen MR) is 76.1 cm³/mol. The summed E-state index contributed by atoms with van der Waals surface area (Å²) in [4.78, 5) is 1.24. The van der Waals surface area contributed by atoms with Crippen molar-refractivity contribution in [1.82, 2.24) is 5.32 Å². The maximum Gasteiger partial charge on any atom is 0.0624 e. The molecule has 0 aliphatic rings. The molecule has 0 amide bonds. The molecule has 2 nitrogen and oxygen atoms in total. The molecule has 0 saturated heterocycles. The quantitative estimate of drug-likeness (QED) is 0.733. The van der Waals surface area contributed by atoms with Crippen molar-refractivity contribution in [2.75, 3.05) is 26.0 Å². The van der Waals surface area contributed by atoms with Crippen LogP contribution in [0.4, 0.5) is 0 Å². The van der Waals surface area contributed by atoms with Crippen LogP contribution in [0.2, 0.25) is 5.02 Å². The molecule has 1 rings (SSSR count). The molecule has 0 heterocycles. The highest BCUT2D eigenvalue weighted by Crippen LogP contribution is 2.21. The van der Waals surface area contributed by atoms with Crippen LogP contribution in [0, 0.1) is 0 Å². The molecule has 1 unspecified atom stereocenters. The van der Waals surface area contributed by atoms with Crippen LogP contribution >= 0.6 is 23.4 Å². The first-order valence-electron chi connectivity index (χ1n) is 5.87. The van der Waals surface area contributed by atoms with Gasteiger partial charge in [0.25, 0.3) is 0 Å². The first-order valence-corrected chi connectivity index (χ1v) is 7.23. The Hall–Kier alpha value is -0.220. The van der Waals surface area contributed by atoms with E-state index in [9.17, 15) is 0 Å². The molecule has 0 aromatic heterocycles. The number of methoxy groups -OCH3 is 1. The minimum atomic E-state index is 0.403. The van der Waals surface area contributed by atoms with Crippen molar-refractivity contribution >= 4 is 23.4 Å². The number of ether oxygens (including phenoxy) is 1. The van der Waals surface area contributed by atoms with Crippen LogP contribution < -0.4 is 5.32 Å². The van der Waals surface area contributed by atoms with Crippen LogP contribution in [-0.4, -0.2) is 32.1 Å². The monoisotopic (exact) mass is 273 g/mol. The minimum absolute atomic E-state index is 0.403. The van der Waals surface area contributed by atoms with Crippen molar-refractivity contribution in [1.29, 1.82) is 0 Å². The van der Waals surface area contributed by atoms with Crippen molar-refractivity contribution in [2.24, 2.45) is 0 Å². The van der Waals surface area contributed by atoms with Gasteiger partial charge in [-0.15, -0.1) is 11.8 Å². The van der Waals surface area contributed by atoms with Crippen LogP contribution in [-0.2, 0) is 4.74 Å². The number of rotatable bonds is 8. The fraction of sp³-hybridized carbons (Fsp3) is 0.538. The van der Waals surface area contributed by atoms with Gasteiger partial charge in [-0.2, -0.15) is 0 Å². The lowest BCUT2D eigenvalue weighted by molar-refractivity contribution is 0.174. The Kier molecular flexibility index (Phi) is 7.69. The Morgan fingerprint density at radius 3 is 2.65 bits per heavy atom. The standard InChI is InChI=1S/C13H20ClNOS/c1-3-8-15-12(9-16-2)10-17-13-6-4-11(14)5-7-13/h4-7,12,15H,3,8-10H2,1-2H3. The number of hydrogen-bond donors (Lipinski definition) is 1. The number of hydrogen-bond acceptors (Lipinski definition) is 3. The number of thioether (sulfide) groups is 1. The van der Waals surface area contributed by atoms with Gasteiger partial charge in [-0.1, -0.05) is 18.5 Å². The zero-order valence-electron chi connectivity index (χ0n) is 10.4. The molecule has 0 fully saturated rings. The third kappa shape index (κ3) is 6.32. The zero-order chi connectivity index (χ0) is 12.5. The van der Waals surface area contributed by atoms with E-state index < -0.39 is 0 Å². The van der Waals surface area contributed by atoms with Crippen LogP contribution in [0.25, 0.3) is 0 Å². The average Bonchev–Trinajstić information content (AvgIpc) is 2.35. The summed E-state index contributed by atoms with van der Waals surface area (Å²) in [6.45, 7) is 3.96. The zero-order valence-corrected chi connectivity index (χ0v) is 12.0. The summed E-state index contributed by atoms with van der Waals surface area (Å²) in [5.74, 6) is 1.01. The van der Waals surface area contributed by atoms with Gasteiger partial charge in [-0.25, -0.2) is 0 Å². The molecule has 1 aromatic rings. The van der Waals surface area contributed by atoms with Crippen molar-refractivity contribution < 1.29 is 4.74 Å². The molecule has 0 saturated carbocycles. The molecule has 0 spiro atoms. The van der Waals surface area contributed by atoms with Gasteiger partial charge in [0, 0.05) is 28.8 Å². The van der Waals surface area contributed by atoms with Gasteiger partial charge in [0.05, 0.1) is 6.61 Å². The molecule has 96 valence electrons. The summed E-state index contributed by atoms with van der Waals surface area (Å²) in [5, 5.41) is 4.26. The number of nitrogens with one attached hydrogen (secondary N) is 1. The first kappa shape index (κ1) is 14.8. The molecular formula is C13H20ClNOS. The van der Waals surface area contributed by atoms with Crippen molar-refractivity contribution in [3.63, 3.8) is 0 Å². The molecule has 0 bridgehead atoms. The van der Waals surface area contributed by atoms with E-state index in [2.05, 4.69) is 24.4 Å². The maximum atomic E-state index is 5.85. The molecular weight excluding hydrogens is 254 g/mol. The van der Waals surface area contributed by atoms with Gasteiger partial charge < -0.3 is 10.1 Å². The van der Waals surface area contributed by atoms with E-state index in [1.807, 2.05) is 23.9 Å². The van der Waals surface area contributed by atoms with Gasteiger partial charge in [-0.05, 0) is 37.2 Å². The third-order valence-corrected chi connectivity index (χ3v) is 3.74. The topological polar surface area (TPSA) is 21.3 Å². The Balaban J connectivity index is 2.37. The van der Waals surface area contributed by atoms with Gasteiger partial charge in [0.15, 0.2) is 0 Å². The fourth-order valence-corrected chi connectivity index (χ4v) is 2.51. The van der Waals surface area contributed by atoms with E-state index >= 15 is 0 Å². The molecule has 17 heavy (non-hydrogen) atoms. The van der Waals surface area contributed by atoms with Crippen molar-refractivity contribution in [3.8, 4) is 0 Å². The van der Waals surface area contributed by atoms with Crippen LogP contribution in [0.5, 0.6) is 0 Å². The van der Waals surface area contributed by atoms with Crippen molar-refractivity contribution in [3.05, 3.63) is 29.3 Å². The molecule has 1 atom stereocenters. The lowest BCUT2D eigenvalue weighted by Gasteiger charge is -2.17. The van der Waals surface area contributed by atoms with Gasteiger partial charge in [0.1, 0.15) is 0 Å². The molecule has 4 heteroatoms. The normalized spacial score (nSPS) is 12.6. The van der Waals surface area contributed by atoms with E-state index in [1.165, 1.54) is 4.90 Å². The molecule has 0 aliphatic carbocycles. The predicted octanol–water partition coefficient (Wildman–Crippen LogP) is 3.45. The Morgan fingerprint density at radius 2 is 2.06 bits per heavy atom. The minimum Gasteiger partial charge on any atom is -0.383 e. The number of halogens is 1. The van der Waals surface area contributed by atoms with E-state index in [4.69, 9.17) is 16.3 Å². The second-order valence-corrected chi connectivity index (χ2v) is 5.40. The fourth-order valence-electron chi connectivity index (χ4n) is 1.44. The highest BCUT2D eigenvalue weighted by molar-refractivity contribution is 7.99. The van der Waals surface area contributed by atoms with E-state index in [1.54, 1.807) is 7.11 Å². The molecule has 0 aliphatic heterocycles. The smallest absolute Gasteiger partial charge is 0.0624 e. The highest BCUT2D eigenvalue weighted by atomic mass is 35.5. The number of benzene rings is 1. The second-order valence-electron chi connectivity index (χ2n) is 3.87. The average molecular weight is 274 g/mol. The maximum absolute atomic E-state index is 5.85. The van der Waals surface area contributed by atoms with Crippen LogP contribution in [0.1, 0.15) is 13.3 Å². The second kappa shape index (κ2) is 8.81. The lowest BCUT2D eigenvalue weighted by Crippen LogP contribution is -2.35. The van der Waals surface area contributed by atoms with Gasteiger partial charge in [0.2, 0.25) is 0 Å². The Labute approximate surface area is 113 Å². The van der Waals surface area contributed by atoms with Gasteiger partial charge in [-0.3, -0.25) is 0 Å². The lowest BCUT2D eigenvalue weighted by atomic mass is 10.3. The highest BCUT2D eigenvalue weighted by Gasteiger charge is 2.07. The van der Waals surface area contributed by atoms with Crippen LogP contribution in [0.3, 0.4) is 0 Å².